The van der Waals surface area contributed by atoms with Gasteiger partial charge in [-0.15, -0.1) is 0 Å². The van der Waals surface area contributed by atoms with Crippen LogP contribution < -0.4 is 0 Å². The van der Waals surface area contributed by atoms with Crippen molar-refractivity contribution >= 4 is 11.9 Å². The molecule has 0 aromatic rings. The molecule has 0 rings (SSSR count). The number of rotatable bonds is 6. The van der Waals surface area contributed by atoms with Crippen molar-refractivity contribution in [3.8, 4) is 0 Å². The second-order valence-corrected chi connectivity index (χ2v) is 3.78. The Kier molecular flexibility index (Phi) is 5.67. The van der Waals surface area contributed by atoms with Crippen LogP contribution in [-0.4, -0.2) is 18.5 Å². The van der Waals surface area contributed by atoms with Gasteiger partial charge in [0.05, 0.1) is 18.1 Å². The molecule has 0 unspecified atom stereocenters. The van der Waals surface area contributed by atoms with E-state index in [0.29, 0.717) is 6.42 Å². The van der Waals surface area contributed by atoms with Gasteiger partial charge in [-0.25, -0.2) is 0 Å². The minimum atomic E-state index is -0.498. The summed E-state index contributed by atoms with van der Waals surface area (Å²) in [4.78, 5) is 22.3. The van der Waals surface area contributed by atoms with Crippen molar-refractivity contribution in [2.75, 3.05) is 6.61 Å². The van der Waals surface area contributed by atoms with Gasteiger partial charge in [0.15, 0.2) is 0 Å². The Balaban J connectivity index is 3.82. The van der Waals surface area contributed by atoms with Crippen LogP contribution in [0.5, 0.6) is 0 Å². The van der Waals surface area contributed by atoms with Crippen LogP contribution in [-0.2, 0) is 19.1 Å². The van der Waals surface area contributed by atoms with Gasteiger partial charge in [-0.1, -0.05) is 13.5 Å². The molecule has 0 aliphatic carbocycles. The maximum absolute atomic E-state index is 11.4. The van der Waals surface area contributed by atoms with Crippen LogP contribution in [0.15, 0.2) is 12.8 Å². The van der Waals surface area contributed by atoms with E-state index in [2.05, 4.69) is 11.3 Å². The Hall–Kier alpha value is -1.32. The molecule has 0 saturated carbocycles. The first-order valence-electron chi connectivity index (χ1n) is 4.91. The Morgan fingerprint density at radius 3 is 2.47 bits per heavy atom. The van der Waals surface area contributed by atoms with Gasteiger partial charge >= 0.3 is 11.9 Å². The minimum Gasteiger partial charge on any atom is -0.465 e. The molecule has 0 aromatic carbocycles. The van der Waals surface area contributed by atoms with Crippen molar-refractivity contribution in [2.45, 2.75) is 33.6 Å². The van der Waals surface area contributed by atoms with Crippen molar-refractivity contribution in [2.24, 2.45) is 5.41 Å². The average molecular weight is 214 g/mol. The van der Waals surface area contributed by atoms with E-state index < -0.39 is 11.4 Å². The highest BCUT2D eigenvalue weighted by atomic mass is 16.5. The fraction of sp³-hybridized carbons (Fsp3) is 0.636. The van der Waals surface area contributed by atoms with Crippen LogP contribution in [0.2, 0.25) is 0 Å². The number of carbonyl (C=O) groups is 2. The molecule has 0 fully saturated rings. The zero-order chi connectivity index (χ0) is 11.9. The SMILES string of the molecule is C=COC(=O)CCOC(=O)C(C)(C)CC. The molecule has 0 spiro atoms. The molecule has 15 heavy (non-hydrogen) atoms. The third-order valence-corrected chi connectivity index (χ3v) is 2.19. The average Bonchev–Trinajstić information content (AvgIpc) is 2.18. The first-order chi connectivity index (χ1) is 6.94. The summed E-state index contributed by atoms with van der Waals surface area (Å²) in [5.41, 5.74) is -0.498. The van der Waals surface area contributed by atoms with Crippen LogP contribution in [0.1, 0.15) is 33.6 Å². The van der Waals surface area contributed by atoms with Gasteiger partial charge in [-0.3, -0.25) is 9.59 Å². The first kappa shape index (κ1) is 13.7. The molecule has 0 aromatic heterocycles. The van der Waals surface area contributed by atoms with Gasteiger partial charge in [0.25, 0.3) is 0 Å². The number of esters is 2. The van der Waals surface area contributed by atoms with Crippen molar-refractivity contribution in [3.05, 3.63) is 12.8 Å². The number of hydrogen-bond acceptors (Lipinski definition) is 4. The summed E-state index contributed by atoms with van der Waals surface area (Å²) in [5.74, 6) is -0.747. The molecular weight excluding hydrogens is 196 g/mol. The normalized spacial score (nSPS) is 10.6. The first-order valence-corrected chi connectivity index (χ1v) is 4.91. The smallest absolute Gasteiger partial charge is 0.314 e. The zero-order valence-electron chi connectivity index (χ0n) is 9.54. The van der Waals surface area contributed by atoms with Crippen molar-refractivity contribution in [1.29, 1.82) is 0 Å². The summed E-state index contributed by atoms with van der Waals surface area (Å²) < 4.78 is 9.41. The predicted octanol–water partition coefficient (Wildman–Crippen LogP) is 2.04. The predicted molar refractivity (Wildman–Crippen MR) is 55.9 cm³/mol. The van der Waals surface area contributed by atoms with E-state index in [1.165, 1.54) is 0 Å². The molecule has 0 aliphatic heterocycles. The fourth-order valence-corrected chi connectivity index (χ4v) is 0.719. The van der Waals surface area contributed by atoms with Gasteiger partial charge in [0, 0.05) is 0 Å². The van der Waals surface area contributed by atoms with Crippen LogP contribution >= 0.6 is 0 Å². The highest BCUT2D eigenvalue weighted by molar-refractivity contribution is 5.76. The van der Waals surface area contributed by atoms with E-state index in [9.17, 15) is 9.59 Å². The quantitative estimate of drug-likeness (QED) is 0.501. The van der Waals surface area contributed by atoms with E-state index in [-0.39, 0.29) is 19.0 Å². The van der Waals surface area contributed by atoms with E-state index in [4.69, 9.17) is 4.74 Å². The summed E-state index contributed by atoms with van der Waals surface area (Å²) in [6.07, 6.45) is 1.81. The molecule has 86 valence electrons. The van der Waals surface area contributed by atoms with Crippen molar-refractivity contribution < 1.29 is 19.1 Å². The molecule has 0 atom stereocenters. The molecule has 0 bridgehead atoms. The largest absolute Gasteiger partial charge is 0.465 e. The van der Waals surface area contributed by atoms with Crippen LogP contribution in [0.25, 0.3) is 0 Å². The van der Waals surface area contributed by atoms with Gasteiger partial charge < -0.3 is 9.47 Å². The summed E-state index contributed by atoms with van der Waals surface area (Å²) in [5, 5.41) is 0. The molecule has 0 saturated heterocycles. The third kappa shape index (κ3) is 5.20. The topological polar surface area (TPSA) is 52.6 Å². The van der Waals surface area contributed by atoms with Gasteiger partial charge in [-0.05, 0) is 20.3 Å². The Labute approximate surface area is 90.2 Å². The standard InChI is InChI=1S/C11H18O4/c1-5-11(3,4)10(13)15-8-7-9(12)14-6-2/h6H,2,5,7-8H2,1,3-4H3. The zero-order valence-corrected chi connectivity index (χ0v) is 9.54. The summed E-state index contributed by atoms with van der Waals surface area (Å²) >= 11 is 0. The Morgan fingerprint density at radius 2 is 2.00 bits per heavy atom. The van der Waals surface area contributed by atoms with Crippen LogP contribution in [0.3, 0.4) is 0 Å². The van der Waals surface area contributed by atoms with Crippen molar-refractivity contribution in [1.82, 2.24) is 0 Å². The number of hydrogen-bond donors (Lipinski definition) is 0. The molecule has 0 heterocycles. The van der Waals surface area contributed by atoms with Crippen molar-refractivity contribution in [3.63, 3.8) is 0 Å². The van der Waals surface area contributed by atoms with E-state index in [0.717, 1.165) is 6.26 Å². The molecular formula is C11H18O4. The highest BCUT2D eigenvalue weighted by Crippen LogP contribution is 2.21. The van der Waals surface area contributed by atoms with Gasteiger partial charge in [0.2, 0.25) is 0 Å². The molecule has 0 N–H and O–H groups in total. The maximum atomic E-state index is 11.4. The molecule has 4 heteroatoms. The summed E-state index contributed by atoms with van der Waals surface area (Å²) in [6.45, 7) is 8.81. The second-order valence-electron chi connectivity index (χ2n) is 3.78. The molecule has 0 aliphatic rings. The van der Waals surface area contributed by atoms with E-state index in [1.54, 1.807) is 13.8 Å². The van der Waals surface area contributed by atoms with E-state index >= 15 is 0 Å². The van der Waals surface area contributed by atoms with Gasteiger partial charge in [-0.2, -0.15) is 0 Å². The highest BCUT2D eigenvalue weighted by Gasteiger charge is 2.26. The van der Waals surface area contributed by atoms with E-state index in [1.807, 2.05) is 6.92 Å². The van der Waals surface area contributed by atoms with Crippen LogP contribution in [0.4, 0.5) is 0 Å². The third-order valence-electron chi connectivity index (χ3n) is 2.19. The molecule has 0 radical (unpaired) electrons. The summed E-state index contributed by atoms with van der Waals surface area (Å²) in [6, 6.07) is 0. The minimum absolute atomic E-state index is 0.0505. The van der Waals surface area contributed by atoms with Gasteiger partial charge in [0.1, 0.15) is 6.61 Å². The summed E-state index contributed by atoms with van der Waals surface area (Å²) in [7, 11) is 0. The number of ether oxygens (including phenoxy) is 2. The lowest BCUT2D eigenvalue weighted by Gasteiger charge is -2.19. The Bertz CT molecular complexity index is 243. The lowest BCUT2D eigenvalue weighted by atomic mass is 9.91. The Morgan fingerprint density at radius 1 is 1.40 bits per heavy atom. The molecule has 0 amide bonds. The van der Waals surface area contributed by atoms with Crippen LogP contribution in [0, 0.1) is 5.41 Å². The fourth-order valence-electron chi connectivity index (χ4n) is 0.719. The number of carbonyl (C=O) groups excluding carboxylic acids is 2. The lowest BCUT2D eigenvalue weighted by molar-refractivity contribution is -0.155. The molecule has 4 nitrogen and oxygen atoms in total. The second kappa shape index (κ2) is 6.22. The maximum Gasteiger partial charge on any atom is 0.314 e. The lowest BCUT2D eigenvalue weighted by Crippen LogP contribution is -2.26. The monoisotopic (exact) mass is 214 g/mol.